The molecule has 22 heavy (non-hydrogen) atoms. The van der Waals surface area contributed by atoms with Gasteiger partial charge in [-0.05, 0) is 20.8 Å². The van der Waals surface area contributed by atoms with Gasteiger partial charge in [-0.2, -0.15) is 0 Å². The second kappa shape index (κ2) is 18.8. The van der Waals surface area contributed by atoms with E-state index in [0.29, 0.717) is 0 Å². The number of aryl methyl sites for hydroxylation is 1. The quantitative estimate of drug-likeness (QED) is 0.356. The lowest BCUT2D eigenvalue weighted by molar-refractivity contribution is -0.384. The van der Waals surface area contributed by atoms with E-state index in [4.69, 9.17) is 0 Å². The fourth-order valence-corrected chi connectivity index (χ4v) is 0.993. The molecule has 0 aliphatic carbocycles. The summed E-state index contributed by atoms with van der Waals surface area (Å²) in [5.74, 6) is 0. The molecule has 3 heteroatoms. The van der Waals surface area contributed by atoms with Gasteiger partial charge in [0.05, 0.1) is 4.92 Å². The zero-order chi connectivity index (χ0) is 18.0. The molecule has 0 aliphatic rings. The maximum Gasteiger partial charge on any atom is 0.269 e. The van der Waals surface area contributed by atoms with Crippen LogP contribution >= 0.6 is 0 Å². The van der Waals surface area contributed by atoms with E-state index in [-0.39, 0.29) is 5.69 Å². The summed E-state index contributed by atoms with van der Waals surface area (Å²) in [6.07, 6.45) is 7.69. The molecule has 0 aromatic heterocycles. The summed E-state index contributed by atoms with van der Waals surface area (Å²) >= 11 is 0. The zero-order valence-electron chi connectivity index (χ0n) is 15.1. The van der Waals surface area contributed by atoms with Gasteiger partial charge in [-0.25, -0.2) is 0 Å². The summed E-state index contributed by atoms with van der Waals surface area (Å²) in [6, 6.07) is 6.43. The van der Waals surface area contributed by atoms with Crippen LogP contribution in [0.4, 0.5) is 5.69 Å². The van der Waals surface area contributed by atoms with Crippen molar-refractivity contribution in [3.63, 3.8) is 0 Å². The second-order valence-electron chi connectivity index (χ2n) is 3.96. The fraction of sp³-hybridized carbons (Fsp3) is 0.368. The van der Waals surface area contributed by atoms with Gasteiger partial charge in [-0.15, -0.1) is 0 Å². The molecule has 1 aromatic carbocycles. The van der Waals surface area contributed by atoms with Crippen LogP contribution in [0.1, 0.15) is 47.1 Å². The van der Waals surface area contributed by atoms with Crippen LogP contribution < -0.4 is 0 Å². The Labute approximate surface area is 136 Å². The van der Waals surface area contributed by atoms with Gasteiger partial charge in [0.2, 0.25) is 0 Å². The van der Waals surface area contributed by atoms with Gasteiger partial charge in [0, 0.05) is 12.1 Å². The molecule has 3 nitrogen and oxygen atoms in total. The SMILES string of the molecule is C=C/C=C\C=C(C)C.CC.CC.Cc1ccc([N+](=O)[O-])cc1. The fourth-order valence-electron chi connectivity index (χ4n) is 0.993. The molecular formula is C19H31NO2. The average molecular weight is 305 g/mol. The minimum atomic E-state index is -0.403. The summed E-state index contributed by atoms with van der Waals surface area (Å²) < 4.78 is 0. The van der Waals surface area contributed by atoms with Crippen molar-refractivity contribution < 1.29 is 4.92 Å². The van der Waals surface area contributed by atoms with E-state index in [2.05, 4.69) is 20.4 Å². The van der Waals surface area contributed by atoms with Crippen LogP contribution in [0.15, 0.2) is 60.7 Å². The summed E-state index contributed by atoms with van der Waals surface area (Å²) in [5, 5.41) is 10.1. The van der Waals surface area contributed by atoms with E-state index in [1.165, 1.54) is 17.7 Å². The van der Waals surface area contributed by atoms with E-state index in [1.807, 2.05) is 52.8 Å². The molecule has 1 aromatic rings. The van der Waals surface area contributed by atoms with E-state index >= 15 is 0 Å². The average Bonchev–Trinajstić information content (AvgIpc) is 2.52. The molecule has 0 unspecified atom stereocenters. The summed E-state index contributed by atoms with van der Waals surface area (Å²) in [5.41, 5.74) is 2.49. The molecule has 0 saturated heterocycles. The van der Waals surface area contributed by atoms with E-state index < -0.39 is 4.92 Å². The maximum atomic E-state index is 10.1. The molecule has 1 rings (SSSR count). The van der Waals surface area contributed by atoms with Crippen LogP contribution in [0, 0.1) is 17.0 Å². The molecule has 0 radical (unpaired) electrons. The monoisotopic (exact) mass is 305 g/mol. The maximum absolute atomic E-state index is 10.1. The minimum absolute atomic E-state index is 0.144. The molecule has 124 valence electrons. The first-order valence-electron chi connectivity index (χ1n) is 7.61. The van der Waals surface area contributed by atoms with Gasteiger partial charge in [-0.3, -0.25) is 10.1 Å². The normalized spacial score (nSPS) is 8.14. The Morgan fingerprint density at radius 2 is 1.50 bits per heavy atom. The number of benzene rings is 1. The van der Waals surface area contributed by atoms with Gasteiger partial charge < -0.3 is 0 Å². The van der Waals surface area contributed by atoms with Crippen molar-refractivity contribution in [1.29, 1.82) is 0 Å². The Bertz CT molecular complexity index is 439. The molecule has 0 spiro atoms. The van der Waals surface area contributed by atoms with Crippen LogP contribution in [-0.4, -0.2) is 4.92 Å². The molecule has 0 bridgehead atoms. The van der Waals surface area contributed by atoms with Crippen molar-refractivity contribution in [1.82, 2.24) is 0 Å². The van der Waals surface area contributed by atoms with E-state index in [0.717, 1.165) is 5.56 Å². The largest absolute Gasteiger partial charge is 0.269 e. The zero-order valence-corrected chi connectivity index (χ0v) is 15.1. The first-order chi connectivity index (χ1) is 10.5. The summed E-state index contributed by atoms with van der Waals surface area (Å²) in [6.45, 7) is 17.6. The molecule has 0 saturated carbocycles. The summed E-state index contributed by atoms with van der Waals surface area (Å²) in [7, 11) is 0. The van der Waals surface area contributed by atoms with Crippen LogP contribution in [0.3, 0.4) is 0 Å². The predicted octanol–water partition coefficient (Wildman–Crippen LogP) is 6.65. The Morgan fingerprint density at radius 1 is 1.05 bits per heavy atom. The number of nitro groups is 1. The lowest BCUT2D eigenvalue weighted by Gasteiger charge is -1.90. The number of nitrogens with zero attached hydrogens (tertiary/aromatic N) is 1. The molecule has 0 fully saturated rings. The number of allylic oxidation sites excluding steroid dienone is 5. The third kappa shape index (κ3) is 17.8. The highest BCUT2D eigenvalue weighted by Crippen LogP contribution is 2.10. The second-order valence-corrected chi connectivity index (χ2v) is 3.96. The Balaban J connectivity index is -0.000000272. The lowest BCUT2D eigenvalue weighted by atomic mass is 10.2. The van der Waals surface area contributed by atoms with Gasteiger partial charge in [0.25, 0.3) is 5.69 Å². The van der Waals surface area contributed by atoms with E-state index in [1.54, 1.807) is 18.2 Å². The number of hydrogen-bond donors (Lipinski definition) is 0. The topological polar surface area (TPSA) is 43.1 Å². The molecule has 0 amide bonds. The molecule has 0 N–H and O–H groups in total. The van der Waals surface area contributed by atoms with Gasteiger partial charge in [-0.1, -0.05) is 81.8 Å². The van der Waals surface area contributed by atoms with Gasteiger partial charge in [0.15, 0.2) is 0 Å². The Kier molecular flexibility index (Phi) is 21.3. The highest BCUT2D eigenvalue weighted by atomic mass is 16.6. The van der Waals surface area contributed by atoms with Crippen LogP contribution in [0.25, 0.3) is 0 Å². The first kappa shape index (κ1) is 24.8. The third-order valence-corrected chi connectivity index (χ3v) is 1.92. The van der Waals surface area contributed by atoms with Crippen molar-refractivity contribution in [3.05, 3.63) is 76.4 Å². The van der Waals surface area contributed by atoms with Crippen molar-refractivity contribution >= 4 is 5.69 Å². The predicted molar refractivity (Wildman–Crippen MR) is 99.3 cm³/mol. The van der Waals surface area contributed by atoms with Crippen molar-refractivity contribution in [2.24, 2.45) is 0 Å². The van der Waals surface area contributed by atoms with E-state index in [9.17, 15) is 10.1 Å². The van der Waals surface area contributed by atoms with Crippen molar-refractivity contribution in [2.75, 3.05) is 0 Å². The molecule has 0 heterocycles. The van der Waals surface area contributed by atoms with Crippen molar-refractivity contribution in [3.8, 4) is 0 Å². The highest BCUT2D eigenvalue weighted by molar-refractivity contribution is 5.32. The molecule has 0 atom stereocenters. The lowest BCUT2D eigenvalue weighted by Crippen LogP contribution is -1.86. The van der Waals surface area contributed by atoms with Crippen LogP contribution in [0.2, 0.25) is 0 Å². The Morgan fingerprint density at radius 3 is 1.82 bits per heavy atom. The van der Waals surface area contributed by atoms with Crippen molar-refractivity contribution in [2.45, 2.75) is 48.5 Å². The van der Waals surface area contributed by atoms with Crippen LogP contribution in [0.5, 0.6) is 0 Å². The van der Waals surface area contributed by atoms with Gasteiger partial charge in [0.1, 0.15) is 0 Å². The molecule has 0 aliphatic heterocycles. The highest BCUT2D eigenvalue weighted by Gasteiger charge is 2.00. The Hall–Kier alpha value is -2.16. The standard InChI is InChI=1S/C8H12.C7H7NO2.2C2H6/c1-4-5-6-7-8(2)3;1-6-2-4-7(5-3-6)8(9)10;2*1-2/h4-7H,1H2,2-3H3;2-5H,1H3;2*1-2H3/b6-5-;;;. The van der Waals surface area contributed by atoms with Gasteiger partial charge >= 0.3 is 0 Å². The smallest absolute Gasteiger partial charge is 0.258 e. The number of rotatable bonds is 3. The number of nitro benzene ring substituents is 1. The summed E-state index contributed by atoms with van der Waals surface area (Å²) in [4.78, 5) is 9.71. The number of non-ortho nitro benzene ring substituents is 1. The van der Waals surface area contributed by atoms with Crippen LogP contribution in [-0.2, 0) is 0 Å². The minimum Gasteiger partial charge on any atom is -0.258 e. The number of hydrogen-bond acceptors (Lipinski definition) is 2. The first-order valence-corrected chi connectivity index (χ1v) is 7.61. The molecular weight excluding hydrogens is 274 g/mol. The third-order valence-electron chi connectivity index (χ3n) is 1.92.